The van der Waals surface area contributed by atoms with Gasteiger partial charge in [0.05, 0.1) is 17.1 Å². The molecule has 1 N–H and O–H groups in total. The minimum absolute atomic E-state index is 0.104. The van der Waals surface area contributed by atoms with Crippen LogP contribution in [-0.4, -0.2) is 35.8 Å². The molecule has 212 valence electrons. The Hall–Kier alpha value is -4.20. The number of carbonyl (C=O) groups is 2. The molecule has 2 amide bonds. The highest BCUT2D eigenvalue weighted by molar-refractivity contribution is 8.04. The van der Waals surface area contributed by atoms with Gasteiger partial charge in [-0.15, -0.1) is 0 Å². The molecule has 4 aromatic carbocycles. The number of likely N-dealkylation sites (tertiary alicyclic amines) is 1. The molecule has 7 heteroatoms. The van der Waals surface area contributed by atoms with E-state index in [4.69, 9.17) is 0 Å². The predicted molar refractivity (Wildman–Crippen MR) is 167 cm³/mol. The van der Waals surface area contributed by atoms with Crippen molar-refractivity contribution in [1.82, 2.24) is 10.2 Å². The maximum absolute atomic E-state index is 13.8. The Balaban J connectivity index is 1.19. The molecule has 0 saturated carbocycles. The summed E-state index contributed by atoms with van der Waals surface area (Å²) >= 11 is 1.41. The molecular weight excluding hydrogens is 545 g/mol. The summed E-state index contributed by atoms with van der Waals surface area (Å²) in [6.07, 6.45) is 3.67. The van der Waals surface area contributed by atoms with E-state index in [0.29, 0.717) is 16.2 Å². The third kappa shape index (κ3) is 6.64. The number of rotatable bonds is 7. The maximum Gasteiger partial charge on any atom is 0.265 e. The third-order valence-electron chi connectivity index (χ3n) is 7.71. The van der Waals surface area contributed by atoms with Crippen molar-refractivity contribution in [3.05, 3.63) is 136 Å². The molecule has 0 radical (unpaired) electrons. The average Bonchev–Trinajstić information content (AvgIpc) is 3.02. The first-order valence-corrected chi connectivity index (χ1v) is 15.1. The van der Waals surface area contributed by atoms with E-state index >= 15 is 0 Å². The van der Waals surface area contributed by atoms with Crippen LogP contribution in [-0.2, 0) is 17.9 Å². The summed E-state index contributed by atoms with van der Waals surface area (Å²) in [5.74, 6) is -0.609. The summed E-state index contributed by atoms with van der Waals surface area (Å²) in [5, 5.41) is 3.22. The molecule has 1 saturated heterocycles. The number of amides is 2. The summed E-state index contributed by atoms with van der Waals surface area (Å²) in [7, 11) is 0. The zero-order chi connectivity index (χ0) is 28.9. The fourth-order valence-corrected chi connectivity index (χ4v) is 6.47. The highest BCUT2D eigenvalue weighted by Crippen LogP contribution is 2.43. The van der Waals surface area contributed by atoms with Gasteiger partial charge < -0.3 is 10.2 Å². The maximum atomic E-state index is 13.8. The fourth-order valence-electron chi connectivity index (χ4n) is 5.43. The number of thioether (sulfide) groups is 1. The van der Waals surface area contributed by atoms with Gasteiger partial charge >= 0.3 is 0 Å². The standard InChI is InChI=1S/C35H32FN3O2S/c36-29-14-11-27(12-15-29)24-39-31-22-28(13-16-32(31)42-33(35(39)41)21-25-7-3-1-4-8-25)34(40)37-30-17-19-38(20-18-30)23-26-9-5-2-6-10-26/h1-16,21-22,30H,17-20,23-24H2,(H,37,40)/b33-21-. The van der Waals surface area contributed by atoms with Crippen LogP contribution in [0.4, 0.5) is 10.1 Å². The Morgan fingerprint density at radius 3 is 2.24 bits per heavy atom. The van der Waals surface area contributed by atoms with Crippen LogP contribution in [0, 0.1) is 5.82 Å². The topological polar surface area (TPSA) is 52.7 Å². The summed E-state index contributed by atoms with van der Waals surface area (Å²) < 4.78 is 13.6. The number of piperidine rings is 1. The van der Waals surface area contributed by atoms with E-state index in [0.717, 1.165) is 48.5 Å². The second kappa shape index (κ2) is 12.8. The van der Waals surface area contributed by atoms with Crippen molar-refractivity contribution >= 4 is 35.3 Å². The molecule has 2 heterocycles. The number of anilines is 1. The molecule has 5 nitrogen and oxygen atoms in total. The highest BCUT2D eigenvalue weighted by Gasteiger charge is 2.31. The second-order valence-corrected chi connectivity index (χ2v) is 11.8. The molecule has 2 aliphatic heterocycles. The predicted octanol–water partition coefficient (Wildman–Crippen LogP) is 6.90. The number of hydrogen-bond acceptors (Lipinski definition) is 4. The lowest BCUT2D eigenvalue weighted by molar-refractivity contribution is -0.114. The van der Waals surface area contributed by atoms with Gasteiger partial charge in [-0.1, -0.05) is 84.6 Å². The van der Waals surface area contributed by atoms with Crippen LogP contribution >= 0.6 is 11.8 Å². The van der Waals surface area contributed by atoms with Gasteiger partial charge in [0.25, 0.3) is 11.8 Å². The van der Waals surface area contributed by atoms with E-state index in [1.807, 2.05) is 60.7 Å². The zero-order valence-electron chi connectivity index (χ0n) is 23.2. The second-order valence-electron chi connectivity index (χ2n) is 10.7. The summed E-state index contributed by atoms with van der Waals surface area (Å²) in [4.78, 5) is 32.8. The van der Waals surface area contributed by atoms with Gasteiger partial charge in [0, 0.05) is 36.1 Å². The van der Waals surface area contributed by atoms with Crippen molar-refractivity contribution in [1.29, 1.82) is 0 Å². The van der Waals surface area contributed by atoms with E-state index in [1.54, 1.807) is 17.0 Å². The van der Waals surface area contributed by atoms with Crippen LogP contribution in [0.15, 0.2) is 113 Å². The van der Waals surface area contributed by atoms with Gasteiger partial charge in [-0.3, -0.25) is 14.5 Å². The number of benzene rings is 4. The largest absolute Gasteiger partial charge is 0.349 e. The van der Waals surface area contributed by atoms with E-state index in [1.165, 1.54) is 29.5 Å². The molecular formula is C35H32FN3O2S. The van der Waals surface area contributed by atoms with Crippen LogP contribution in [0.25, 0.3) is 6.08 Å². The SMILES string of the molecule is O=C(NC1CCN(Cc2ccccc2)CC1)c1ccc2c(c1)N(Cc1ccc(F)cc1)C(=O)/C(=C/c1ccccc1)S2. The molecule has 0 spiro atoms. The van der Waals surface area contributed by atoms with Crippen molar-refractivity contribution < 1.29 is 14.0 Å². The van der Waals surface area contributed by atoms with Gasteiger partial charge in [0.2, 0.25) is 0 Å². The first-order chi connectivity index (χ1) is 20.5. The van der Waals surface area contributed by atoms with Gasteiger partial charge in [-0.25, -0.2) is 4.39 Å². The average molecular weight is 578 g/mol. The molecule has 0 aromatic heterocycles. The van der Waals surface area contributed by atoms with E-state index < -0.39 is 0 Å². The third-order valence-corrected chi connectivity index (χ3v) is 8.79. The van der Waals surface area contributed by atoms with Crippen LogP contribution < -0.4 is 10.2 Å². The van der Waals surface area contributed by atoms with Crippen LogP contribution in [0.1, 0.15) is 39.9 Å². The molecule has 2 aliphatic rings. The lowest BCUT2D eigenvalue weighted by atomic mass is 10.0. The molecule has 4 aromatic rings. The molecule has 42 heavy (non-hydrogen) atoms. The smallest absolute Gasteiger partial charge is 0.265 e. The summed E-state index contributed by atoms with van der Waals surface area (Å²) in [6.45, 7) is 3.04. The number of halogens is 1. The van der Waals surface area contributed by atoms with E-state index in [9.17, 15) is 14.0 Å². The summed E-state index contributed by atoms with van der Waals surface area (Å²) in [5.41, 5.74) is 4.25. The monoisotopic (exact) mass is 577 g/mol. The molecule has 1 fully saturated rings. The van der Waals surface area contributed by atoms with Gasteiger partial charge in [0.1, 0.15) is 5.82 Å². The Labute approximate surface area is 250 Å². The first-order valence-electron chi connectivity index (χ1n) is 14.2. The Bertz CT molecular complexity index is 1580. The number of carbonyl (C=O) groups excluding carboxylic acids is 2. The summed E-state index contributed by atoms with van der Waals surface area (Å²) in [6, 6.07) is 32.0. The Kier molecular flexibility index (Phi) is 8.49. The Morgan fingerprint density at radius 1 is 0.857 bits per heavy atom. The number of hydrogen-bond donors (Lipinski definition) is 1. The van der Waals surface area contributed by atoms with E-state index in [-0.39, 0.29) is 30.2 Å². The van der Waals surface area contributed by atoms with Crippen molar-refractivity contribution in [2.45, 2.75) is 36.9 Å². The number of fused-ring (bicyclic) bond motifs is 1. The van der Waals surface area contributed by atoms with Gasteiger partial charge in [-0.2, -0.15) is 0 Å². The van der Waals surface area contributed by atoms with Gasteiger partial charge in [-0.05, 0) is 65.9 Å². The Morgan fingerprint density at radius 2 is 1.52 bits per heavy atom. The zero-order valence-corrected chi connectivity index (χ0v) is 24.0. The number of nitrogens with one attached hydrogen (secondary N) is 1. The van der Waals surface area contributed by atoms with Crippen LogP contribution in [0.5, 0.6) is 0 Å². The van der Waals surface area contributed by atoms with Crippen molar-refractivity contribution in [2.75, 3.05) is 18.0 Å². The minimum Gasteiger partial charge on any atom is -0.349 e. The number of nitrogens with zero attached hydrogens (tertiary/aromatic N) is 2. The van der Waals surface area contributed by atoms with Crippen molar-refractivity contribution in [3.8, 4) is 0 Å². The van der Waals surface area contributed by atoms with Crippen LogP contribution in [0.3, 0.4) is 0 Å². The van der Waals surface area contributed by atoms with E-state index in [2.05, 4.69) is 34.5 Å². The van der Waals surface area contributed by atoms with Crippen molar-refractivity contribution in [2.24, 2.45) is 0 Å². The molecule has 0 atom stereocenters. The fraction of sp³-hybridized carbons (Fsp3) is 0.200. The molecule has 6 rings (SSSR count). The normalized spacial score (nSPS) is 16.8. The highest BCUT2D eigenvalue weighted by atomic mass is 32.2. The molecule has 0 bridgehead atoms. The van der Waals surface area contributed by atoms with Gasteiger partial charge in [0.15, 0.2) is 0 Å². The quantitative estimate of drug-likeness (QED) is 0.243. The lowest BCUT2D eigenvalue weighted by Crippen LogP contribution is -2.44. The minimum atomic E-state index is -0.325. The first kappa shape index (κ1) is 27.9. The molecule has 0 unspecified atom stereocenters. The van der Waals surface area contributed by atoms with Crippen LogP contribution in [0.2, 0.25) is 0 Å². The lowest BCUT2D eigenvalue weighted by Gasteiger charge is -2.33. The molecule has 0 aliphatic carbocycles. The van der Waals surface area contributed by atoms with Crippen molar-refractivity contribution in [3.63, 3.8) is 0 Å².